The second kappa shape index (κ2) is 6.75. The highest BCUT2D eigenvalue weighted by molar-refractivity contribution is 5.95. The van der Waals surface area contributed by atoms with E-state index in [1.54, 1.807) is 30.7 Å². The Hall–Kier alpha value is -2.30. The second-order valence-electron chi connectivity index (χ2n) is 4.57. The minimum absolute atomic E-state index is 0.143. The molecule has 20 heavy (non-hydrogen) atoms. The molecule has 0 saturated carbocycles. The number of hydrogen-bond acceptors (Lipinski definition) is 4. The first-order chi connectivity index (χ1) is 9.70. The van der Waals surface area contributed by atoms with E-state index in [0.29, 0.717) is 11.4 Å². The van der Waals surface area contributed by atoms with Gasteiger partial charge in [0.05, 0.1) is 12.3 Å². The summed E-state index contributed by atoms with van der Waals surface area (Å²) in [4.78, 5) is 16.3. The van der Waals surface area contributed by atoms with Crippen LogP contribution in [0.15, 0.2) is 41.1 Å². The number of nitrogens with one attached hydrogen (secondary N) is 2. The SMILES string of the molecule is CCCNc1cc(C(=O)NC(C)c2ccco2)ccn1. The van der Waals surface area contributed by atoms with Crippen molar-refractivity contribution in [3.63, 3.8) is 0 Å². The maximum Gasteiger partial charge on any atom is 0.252 e. The van der Waals surface area contributed by atoms with E-state index in [-0.39, 0.29) is 11.9 Å². The van der Waals surface area contributed by atoms with Crippen LogP contribution in [0.3, 0.4) is 0 Å². The fourth-order valence-electron chi connectivity index (χ4n) is 1.81. The molecular weight excluding hydrogens is 254 g/mol. The first-order valence-electron chi connectivity index (χ1n) is 6.75. The molecule has 1 atom stereocenters. The number of carbonyl (C=O) groups is 1. The summed E-state index contributed by atoms with van der Waals surface area (Å²) < 4.78 is 5.27. The molecule has 0 bridgehead atoms. The van der Waals surface area contributed by atoms with Gasteiger partial charge >= 0.3 is 0 Å². The van der Waals surface area contributed by atoms with Crippen LogP contribution in [0.2, 0.25) is 0 Å². The third kappa shape index (κ3) is 3.60. The average molecular weight is 273 g/mol. The fourth-order valence-corrected chi connectivity index (χ4v) is 1.81. The van der Waals surface area contributed by atoms with Crippen molar-refractivity contribution in [2.24, 2.45) is 0 Å². The first kappa shape index (κ1) is 14.1. The number of aromatic nitrogens is 1. The lowest BCUT2D eigenvalue weighted by atomic mass is 10.2. The summed E-state index contributed by atoms with van der Waals surface area (Å²) in [6, 6.07) is 6.92. The van der Waals surface area contributed by atoms with Crippen LogP contribution >= 0.6 is 0 Å². The van der Waals surface area contributed by atoms with Crippen LogP contribution < -0.4 is 10.6 Å². The highest BCUT2D eigenvalue weighted by Gasteiger charge is 2.13. The zero-order valence-corrected chi connectivity index (χ0v) is 11.7. The topological polar surface area (TPSA) is 67.2 Å². The quantitative estimate of drug-likeness (QED) is 0.849. The molecule has 0 saturated heterocycles. The summed E-state index contributed by atoms with van der Waals surface area (Å²) in [7, 11) is 0. The van der Waals surface area contributed by atoms with Crippen molar-refractivity contribution in [2.75, 3.05) is 11.9 Å². The summed E-state index contributed by atoms with van der Waals surface area (Å²) in [5, 5.41) is 6.05. The van der Waals surface area contributed by atoms with E-state index in [9.17, 15) is 4.79 Å². The molecule has 0 radical (unpaired) electrons. The molecule has 2 heterocycles. The summed E-state index contributed by atoms with van der Waals surface area (Å²) in [6.45, 7) is 4.80. The predicted molar refractivity (Wildman–Crippen MR) is 77.6 cm³/mol. The van der Waals surface area contributed by atoms with E-state index in [4.69, 9.17) is 4.42 Å². The number of furan rings is 1. The predicted octanol–water partition coefficient (Wildman–Crippen LogP) is 2.99. The summed E-state index contributed by atoms with van der Waals surface area (Å²) in [5.41, 5.74) is 0.581. The van der Waals surface area contributed by atoms with Crippen LogP contribution in [-0.2, 0) is 0 Å². The molecule has 2 rings (SSSR count). The maximum absolute atomic E-state index is 12.2. The largest absolute Gasteiger partial charge is 0.467 e. The zero-order valence-electron chi connectivity index (χ0n) is 11.7. The molecule has 0 fully saturated rings. The van der Waals surface area contributed by atoms with Crippen molar-refractivity contribution in [3.8, 4) is 0 Å². The van der Waals surface area contributed by atoms with Crippen LogP contribution in [-0.4, -0.2) is 17.4 Å². The number of amides is 1. The summed E-state index contributed by atoms with van der Waals surface area (Å²) >= 11 is 0. The van der Waals surface area contributed by atoms with Gasteiger partial charge in [-0.1, -0.05) is 6.92 Å². The second-order valence-corrected chi connectivity index (χ2v) is 4.57. The fraction of sp³-hybridized carbons (Fsp3) is 0.333. The van der Waals surface area contributed by atoms with Gasteiger partial charge in [0.15, 0.2) is 0 Å². The van der Waals surface area contributed by atoms with Gasteiger partial charge < -0.3 is 15.1 Å². The Morgan fingerprint density at radius 1 is 1.45 bits per heavy atom. The number of nitrogens with zero attached hydrogens (tertiary/aromatic N) is 1. The van der Waals surface area contributed by atoms with Gasteiger partial charge in [0.2, 0.25) is 0 Å². The molecule has 1 amide bonds. The van der Waals surface area contributed by atoms with Crippen LogP contribution in [0.1, 0.15) is 42.4 Å². The zero-order chi connectivity index (χ0) is 14.4. The molecule has 0 aromatic carbocycles. The van der Waals surface area contributed by atoms with Crippen molar-refractivity contribution in [1.82, 2.24) is 10.3 Å². The number of carbonyl (C=O) groups excluding carboxylic acids is 1. The van der Waals surface area contributed by atoms with Crippen LogP contribution in [0.25, 0.3) is 0 Å². The van der Waals surface area contributed by atoms with Crippen LogP contribution in [0.4, 0.5) is 5.82 Å². The normalized spacial score (nSPS) is 11.9. The maximum atomic E-state index is 12.2. The molecule has 1 unspecified atom stereocenters. The lowest BCUT2D eigenvalue weighted by Gasteiger charge is -2.12. The Bertz CT molecular complexity index is 552. The molecule has 2 N–H and O–H groups in total. The lowest BCUT2D eigenvalue weighted by Crippen LogP contribution is -2.26. The van der Waals surface area contributed by atoms with E-state index in [1.807, 2.05) is 13.0 Å². The summed E-state index contributed by atoms with van der Waals surface area (Å²) in [5.74, 6) is 1.30. The van der Waals surface area contributed by atoms with Crippen molar-refractivity contribution >= 4 is 11.7 Å². The van der Waals surface area contributed by atoms with Gasteiger partial charge in [-0.3, -0.25) is 4.79 Å². The number of pyridine rings is 1. The van der Waals surface area contributed by atoms with E-state index in [0.717, 1.165) is 18.7 Å². The highest BCUT2D eigenvalue weighted by atomic mass is 16.3. The van der Waals surface area contributed by atoms with Gasteiger partial charge in [0.25, 0.3) is 5.91 Å². The van der Waals surface area contributed by atoms with Crippen molar-refractivity contribution < 1.29 is 9.21 Å². The molecule has 0 spiro atoms. The Labute approximate surface area is 118 Å². The van der Waals surface area contributed by atoms with Crippen molar-refractivity contribution in [2.45, 2.75) is 26.3 Å². The molecule has 0 aliphatic carbocycles. The van der Waals surface area contributed by atoms with Gasteiger partial charge in [0, 0.05) is 18.3 Å². The standard InChI is InChI=1S/C15H19N3O2/c1-3-7-16-14-10-12(6-8-17-14)15(19)18-11(2)13-5-4-9-20-13/h4-6,8-11H,3,7H2,1-2H3,(H,16,17)(H,18,19). The smallest absolute Gasteiger partial charge is 0.252 e. The van der Waals surface area contributed by atoms with Crippen LogP contribution in [0.5, 0.6) is 0 Å². The Balaban J connectivity index is 2.01. The molecule has 5 nitrogen and oxygen atoms in total. The first-order valence-corrected chi connectivity index (χ1v) is 6.75. The molecule has 2 aromatic rings. The molecular formula is C15H19N3O2. The highest BCUT2D eigenvalue weighted by Crippen LogP contribution is 2.14. The summed E-state index contributed by atoms with van der Waals surface area (Å²) in [6.07, 6.45) is 4.23. The molecule has 106 valence electrons. The van der Waals surface area contributed by atoms with Gasteiger partial charge in [-0.05, 0) is 37.6 Å². The third-order valence-corrected chi connectivity index (χ3v) is 2.90. The van der Waals surface area contributed by atoms with Gasteiger partial charge in [0.1, 0.15) is 11.6 Å². The lowest BCUT2D eigenvalue weighted by molar-refractivity contribution is 0.0935. The van der Waals surface area contributed by atoms with Crippen LogP contribution in [0, 0.1) is 0 Å². The van der Waals surface area contributed by atoms with Crippen molar-refractivity contribution in [3.05, 3.63) is 48.0 Å². The Morgan fingerprint density at radius 2 is 2.30 bits per heavy atom. The minimum Gasteiger partial charge on any atom is -0.467 e. The number of anilines is 1. The van der Waals surface area contributed by atoms with Crippen molar-refractivity contribution in [1.29, 1.82) is 0 Å². The average Bonchev–Trinajstić information content (AvgIpc) is 2.99. The van der Waals surface area contributed by atoms with Gasteiger partial charge in [-0.15, -0.1) is 0 Å². The Morgan fingerprint density at radius 3 is 3.00 bits per heavy atom. The van der Waals surface area contributed by atoms with E-state index >= 15 is 0 Å². The van der Waals surface area contributed by atoms with Gasteiger partial charge in [-0.25, -0.2) is 4.98 Å². The monoisotopic (exact) mass is 273 g/mol. The van der Waals surface area contributed by atoms with E-state index < -0.39 is 0 Å². The molecule has 0 aliphatic heterocycles. The third-order valence-electron chi connectivity index (χ3n) is 2.90. The number of hydrogen-bond donors (Lipinski definition) is 2. The minimum atomic E-state index is -0.169. The molecule has 2 aromatic heterocycles. The van der Waals surface area contributed by atoms with Gasteiger partial charge in [-0.2, -0.15) is 0 Å². The number of rotatable bonds is 6. The molecule has 0 aliphatic rings. The van der Waals surface area contributed by atoms with E-state index in [1.165, 1.54) is 0 Å². The Kier molecular flexibility index (Phi) is 4.76. The molecule has 5 heteroatoms. The van der Waals surface area contributed by atoms with E-state index in [2.05, 4.69) is 22.5 Å².